The van der Waals surface area contributed by atoms with Crippen LogP contribution < -0.4 is 21.3 Å². The maximum absolute atomic E-state index is 12.7. The van der Waals surface area contributed by atoms with E-state index in [1.807, 2.05) is 35.7 Å². The van der Waals surface area contributed by atoms with Crippen molar-refractivity contribution in [2.24, 2.45) is 10.4 Å². The van der Waals surface area contributed by atoms with Gasteiger partial charge in [0.1, 0.15) is 24.1 Å². The summed E-state index contributed by atoms with van der Waals surface area (Å²) in [6, 6.07) is 8.23. The van der Waals surface area contributed by atoms with E-state index in [9.17, 15) is 23.2 Å². The SMILES string of the molecule is N#CC1(C2=NC(Nc3nc(Nc4ccc5c(c4)CNCC5)ncc3C(=O)NCC(F)(F)F)CC=C2)CC1. The number of aromatic nitrogens is 2. The van der Waals surface area contributed by atoms with Crippen molar-refractivity contribution >= 4 is 29.1 Å². The summed E-state index contributed by atoms with van der Waals surface area (Å²) in [6.45, 7) is 0.190. The number of rotatable bonds is 7. The van der Waals surface area contributed by atoms with Crippen LogP contribution in [-0.2, 0) is 13.0 Å². The molecule has 2 aromatic rings. The average molecular weight is 511 g/mol. The quantitative estimate of drug-likeness (QED) is 0.448. The zero-order valence-corrected chi connectivity index (χ0v) is 19.8. The van der Waals surface area contributed by atoms with E-state index in [0.717, 1.165) is 43.6 Å². The number of aliphatic imine (C=N–C) groups is 1. The Morgan fingerprint density at radius 2 is 2.11 bits per heavy atom. The zero-order valence-electron chi connectivity index (χ0n) is 19.8. The van der Waals surface area contributed by atoms with Gasteiger partial charge >= 0.3 is 6.18 Å². The van der Waals surface area contributed by atoms with E-state index in [1.165, 1.54) is 11.8 Å². The number of dihydropyridines is 1. The molecule has 5 rings (SSSR count). The van der Waals surface area contributed by atoms with Crippen LogP contribution in [0.5, 0.6) is 0 Å². The van der Waals surface area contributed by atoms with E-state index in [1.54, 1.807) is 0 Å². The largest absolute Gasteiger partial charge is 0.405 e. The minimum Gasteiger partial charge on any atom is -0.347 e. The molecule has 4 N–H and O–H groups in total. The molecule has 192 valence electrons. The predicted octanol–water partition coefficient (Wildman–Crippen LogP) is 3.60. The molecule has 1 aliphatic carbocycles. The molecule has 1 saturated carbocycles. The van der Waals surface area contributed by atoms with Gasteiger partial charge in [0.05, 0.1) is 17.2 Å². The Labute approximate surface area is 211 Å². The lowest BCUT2D eigenvalue weighted by atomic mass is 9.99. The van der Waals surface area contributed by atoms with Crippen molar-refractivity contribution in [3.63, 3.8) is 0 Å². The summed E-state index contributed by atoms with van der Waals surface area (Å²) in [7, 11) is 0. The third-order valence-corrected chi connectivity index (χ3v) is 6.52. The number of alkyl halides is 3. The second kappa shape index (κ2) is 9.82. The Morgan fingerprint density at radius 3 is 2.86 bits per heavy atom. The van der Waals surface area contributed by atoms with E-state index in [2.05, 4.69) is 37.0 Å². The van der Waals surface area contributed by atoms with Crippen LogP contribution in [-0.4, -0.2) is 47.0 Å². The van der Waals surface area contributed by atoms with Gasteiger partial charge in [-0.05, 0) is 55.1 Å². The number of fused-ring (bicyclic) bond motifs is 1. The highest BCUT2D eigenvalue weighted by Crippen LogP contribution is 2.47. The molecule has 0 saturated heterocycles. The average Bonchev–Trinajstić information content (AvgIpc) is 3.69. The number of hydrogen-bond acceptors (Lipinski definition) is 8. The van der Waals surface area contributed by atoms with Gasteiger partial charge in [-0.15, -0.1) is 0 Å². The summed E-state index contributed by atoms with van der Waals surface area (Å²) >= 11 is 0. The van der Waals surface area contributed by atoms with Crippen LogP contribution in [0.3, 0.4) is 0 Å². The summed E-state index contributed by atoms with van der Waals surface area (Å²) in [5.41, 5.74) is 3.07. The summed E-state index contributed by atoms with van der Waals surface area (Å²) in [6.07, 6.45) is 2.63. The van der Waals surface area contributed by atoms with Gasteiger partial charge in [-0.1, -0.05) is 12.1 Å². The molecule has 9 nitrogen and oxygen atoms in total. The van der Waals surface area contributed by atoms with Gasteiger partial charge in [-0.3, -0.25) is 9.79 Å². The van der Waals surface area contributed by atoms with Gasteiger partial charge < -0.3 is 21.3 Å². The Balaban J connectivity index is 1.40. The Morgan fingerprint density at radius 1 is 1.27 bits per heavy atom. The topological polar surface area (TPSA) is 127 Å². The van der Waals surface area contributed by atoms with Crippen LogP contribution in [0.1, 0.15) is 40.7 Å². The van der Waals surface area contributed by atoms with E-state index in [0.29, 0.717) is 12.1 Å². The lowest BCUT2D eigenvalue weighted by Crippen LogP contribution is -2.35. The van der Waals surface area contributed by atoms with Gasteiger partial charge in [0, 0.05) is 24.8 Å². The molecule has 0 radical (unpaired) electrons. The molecule has 1 atom stereocenters. The molecule has 0 bridgehead atoms. The number of halogens is 3. The van der Waals surface area contributed by atoms with Crippen LogP contribution in [0.25, 0.3) is 0 Å². The molecule has 1 aromatic carbocycles. The standard InChI is InChI=1S/C25H25F3N8O/c26-25(27,28)14-32-22(37)18-12-31-23(33-17-5-4-15-6-9-30-11-16(15)10-17)36-21(18)35-20-3-1-2-19(34-20)24(13-29)7-8-24/h1-2,4-5,10,12,20,30H,3,6-9,11,14H2,(H,32,37)(H2,31,33,35,36). The van der Waals surface area contributed by atoms with Gasteiger partial charge in [0.25, 0.3) is 5.91 Å². The minimum atomic E-state index is -4.56. The number of hydrogen-bond donors (Lipinski definition) is 4. The number of carbonyl (C=O) groups excluding carboxylic acids is 1. The molecule has 0 spiro atoms. The molecular weight excluding hydrogens is 485 g/mol. The van der Waals surface area contributed by atoms with E-state index < -0.39 is 30.2 Å². The molecular formula is C25H25F3N8O. The monoisotopic (exact) mass is 510 g/mol. The second-order valence-corrected chi connectivity index (χ2v) is 9.30. The first-order valence-electron chi connectivity index (χ1n) is 12.0. The van der Waals surface area contributed by atoms with E-state index in [-0.39, 0.29) is 17.3 Å². The fourth-order valence-corrected chi connectivity index (χ4v) is 4.34. The van der Waals surface area contributed by atoms with E-state index in [4.69, 9.17) is 0 Å². The summed E-state index contributed by atoms with van der Waals surface area (Å²) in [5.74, 6) is -0.746. The Hall–Kier alpha value is -3.98. The van der Waals surface area contributed by atoms with Crippen LogP contribution >= 0.6 is 0 Å². The van der Waals surface area contributed by atoms with Crippen LogP contribution in [0.2, 0.25) is 0 Å². The third-order valence-electron chi connectivity index (χ3n) is 6.52. The summed E-state index contributed by atoms with van der Waals surface area (Å²) in [5, 5.41) is 20.9. The van der Waals surface area contributed by atoms with Crippen molar-refractivity contribution in [1.29, 1.82) is 5.26 Å². The molecule has 12 heteroatoms. The number of anilines is 3. The van der Waals surface area contributed by atoms with Crippen molar-refractivity contribution in [2.45, 2.75) is 44.6 Å². The molecule has 3 aliphatic rings. The first-order chi connectivity index (χ1) is 17.7. The van der Waals surface area contributed by atoms with Crippen molar-refractivity contribution in [1.82, 2.24) is 20.6 Å². The first-order valence-corrected chi connectivity index (χ1v) is 12.0. The third kappa shape index (κ3) is 5.72. The fourth-order valence-electron chi connectivity index (χ4n) is 4.34. The maximum Gasteiger partial charge on any atom is 0.405 e. The molecule has 1 amide bonds. The van der Waals surface area contributed by atoms with Gasteiger partial charge in [0.2, 0.25) is 5.95 Å². The van der Waals surface area contributed by atoms with Crippen molar-refractivity contribution in [3.05, 3.63) is 53.2 Å². The van der Waals surface area contributed by atoms with Gasteiger partial charge in [-0.2, -0.15) is 23.4 Å². The second-order valence-electron chi connectivity index (χ2n) is 9.30. The number of benzene rings is 1. The number of nitriles is 1. The van der Waals surface area contributed by atoms with Crippen LogP contribution in [0.15, 0.2) is 41.5 Å². The highest BCUT2D eigenvalue weighted by atomic mass is 19.4. The molecule has 1 fully saturated rings. The lowest BCUT2D eigenvalue weighted by Gasteiger charge is -2.22. The minimum absolute atomic E-state index is 0.0435. The van der Waals surface area contributed by atoms with Crippen molar-refractivity contribution in [3.8, 4) is 6.07 Å². The highest BCUT2D eigenvalue weighted by Gasteiger charge is 2.47. The normalized spacial score (nSPS) is 19.7. The molecule has 1 unspecified atom stereocenters. The van der Waals surface area contributed by atoms with Crippen LogP contribution in [0, 0.1) is 16.7 Å². The summed E-state index contributed by atoms with van der Waals surface area (Å²) in [4.78, 5) is 25.8. The number of amides is 1. The van der Waals surface area contributed by atoms with Crippen LogP contribution in [0.4, 0.5) is 30.6 Å². The summed E-state index contributed by atoms with van der Waals surface area (Å²) < 4.78 is 38.1. The lowest BCUT2D eigenvalue weighted by molar-refractivity contribution is -0.123. The molecule has 3 heterocycles. The number of allylic oxidation sites excluding steroid dienone is 1. The van der Waals surface area contributed by atoms with Crippen molar-refractivity contribution < 1.29 is 18.0 Å². The predicted molar refractivity (Wildman–Crippen MR) is 131 cm³/mol. The van der Waals surface area contributed by atoms with Crippen molar-refractivity contribution in [2.75, 3.05) is 23.7 Å². The van der Waals surface area contributed by atoms with Gasteiger partial charge in [0.15, 0.2) is 0 Å². The van der Waals surface area contributed by atoms with E-state index >= 15 is 0 Å². The molecule has 1 aromatic heterocycles. The first kappa shape index (κ1) is 24.7. The maximum atomic E-state index is 12.7. The van der Waals surface area contributed by atoms with Gasteiger partial charge in [-0.25, -0.2) is 4.98 Å². The number of nitrogens with one attached hydrogen (secondary N) is 4. The smallest absolute Gasteiger partial charge is 0.347 e. The number of nitrogens with zero attached hydrogens (tertiary/aromatic N) is 4. The zero-order chi connectivity index (χ0) is 26.0. The molecule has 37 heavy (non-hydrogen) atoms. The highest BCUT2D eigenvalue weighted by molar-refractivity contribution is 6.04. The fraction of sp³-hybridized carbons (Fsp3) is 0.400. The number of carbonyl (C=O) groups is 1. The Kier molecular flexibility index (Phi) is 6.55. The Bertz CT molecular complexity index is 1310. The molecule has 2 aliphatic heterocycles.